The zero-order valence-corrected chi connectivity index (χ0v) is 17.5. The topological polar surface area (TPSA) is 58.6 Å². The van der Waals surface area contributed by atoms with Crippen LogP contribution in [0.4, 0.5) is 8.78 Å². The zero-order chi connectivity index (χ0) is 21.0. The highest BCUT2D eigenvalue weighted by Gasteiger charge is 2.56. The van der Waals surface area contributed by atoms with Gasteiger partial charge in [-0.05, 0) is 64.9 Å². The lowest BCUT2D eigenvalue weighted by Crippen LogP contribution is -2.52. The molecule has 1 saturated carbocycles. The van der Waals surface area contributed by atoms with Crippen molar-refractivity contribution in [3.63, 3.8) is 0 Å². The third kappa shape index (κ3) is 3.37. The van der Waals surface area contributed by atoms with Crippen LogP contribution in [0.3, 0.4) is 0 Å². The predicted octanol–water partition coefficient (Wildman–Crippen LogP) is 3.45. The van der Waals surface area contributed by atoms with E-state index in [9.17, 15) is 18.4 Å². The summed E-state index contributed by atoms with van der Waals surface area (Å²) in [5.74, 6) is -1.40. The number of rotatable bonds is 3. The molecule has 4 atom stereocenters. The van der Waals surface area contributed by atoms with E-state index in [1.165, 1.54) is 4.90 Å². The van der Waals surface area contributed by atoms with Crippen molar-refractivity contribution < 1.29 is 23.1 Å². The van der Waals surface area contributed by atoms with Gasteiger partial charge in [-0.2, -0.15) is 0 Å². The second-order valence-corrected chi connectivity index (χ2v) is 8.96. The first-order valence-electron chi connectivity index (χ1n) is 9.90. The third-order valence-corrected chi connectivity index (χ3v) is 6.71. The fourth-order valence-corrected chi connectivity index (χ4v) is 4.84. The van der Waals surface area contributed by atoms with Gasteiger partial charge >= 0.3 is 0 Å². The summed E-state index contributed by atoms with van der Waals surface area (Å²) in [6, 6.07) is 8.51. The summed E-state index contributed by atoms with van der Waals surface area (Å²) in [6.45, 7) is 0.350. The summed E-state index contributed by atoms with van der Waals surface area (Å²) < 4.78 is 34.0. The van der Waals surface area contributed by atoms with E-state index >= 15 is 0 Å². The van der Waals surface area contributed by atoms with Gasteiger partial charge in [-0.1, -0.05) is 18.2 Å². The largest absolute Gasteiger partial charge is 0.491 e. The number of amides is 2. The Hall–Kier alpha value is -2.48. The number of hydrogen-bond donors (Lipinski definition) is 1. The lowest BCUT2D eigenvalue weighted by atomic mass is 10.0. The van der Waals surface area contributed by atoms with Crippen LogP contribution >= 0.6 is 15.9 Å². The molecular weight excluding hydrogens is 458 g/mol. The Labute approximate surface area is 180 Å². The molecule has 156 valence electrons. The molecule has 1 aliphatic carbocycles. The number of hydrogen-bond acceptors (Lipinski definition) is 3. The molecule has 2 heterocycles. The number of benzene rings is 2. The molecule has 0 spiro atoms. The minimum absolute atomic E-state index is 0.0471. The molecule has 1 saturated heterocycles. The van der Waals surface area contributed by atoms with Crippen molar-refractivity contribution in [1.29, 1.82) is 0 Å². The van der Waals surface area contributed by atoms with Gasteiger partial charge in [0.25, 0.3) is 5.91 Å². The minimum atomic E-state index is -0.811. The quantitative estimate of drug-likeness (QED) is 0.690. The van der Waals surface area contributed by atoms with Gasteiger partial charge in [0, 0.05) is 6.04 Å². The van der Waals surface area contributed by atoms with Gasteiger partial charge in [0.1, 0.15) is 30.0 Å². The smallest absolute Gasteiger partial charge is 0.257 e. The van der Waals surface area contributed by atoms with Gasteiger partial charge in [-0.3, -0.25) is 9.59 Å². The van der Waals surface area contributed by atoms with Crippen molar-refractivity contribution in [2.45, 2.75) is 37.4 Å². The normalized spacial score (nSPS) is 26.4. The van der Waals surface area contributed by atoms with Crippen molar-refractivity contribution in [3.8, 4) is 5.75 Å². The molecule has 3 aliphatic rings. The molecule has 0 unspecified atom stereocenters. The van der Waals surface area contributed by atoms with Crippen LogP contribution in [0.5, 0.6) is 5.75 Å². The highest BCUT2D eigenvalue weighted by molar-refractivity contribution is 9.10. The zero-order valence-electron chi connectivity index (χ0n) is 15.9. The van der Waals surface area contributed by atoms with E-state index in [-0.39, 0.29) is 33.9 Å². The molecule has 5 nitrogen and oxygen atoms in total. The number of ether oxygens (including phenoxy) is 1. The first kappa shape index (κ1) is 19.5. The van der Waals surface area contributed by atoms with Crippen molar-refractivity contribution in [1.82, 2.24) is 10.2 Å². The summed E-state index contributed by atoms with van der Waals surface area (Å²) >= 11 is 2.92. The maximum Gasteiger partial charge on any atom is 0.257 e. The van der Waals surface area contributed by atoms with Gasteiger partial charge in [-0.15, -0.1) is 0 Å². The lowest BCUT2D eigenvalue weighted by molar-refractivity contribution is -0.126. The van der Waals surface area contributed by atoms with Crippen LogP contribution in [-0.4, -0.2) is 41.4 Å². The standard InChI is InChI=1S/C22H19BrF2N2O3/c23-15-9-16(24)14(8-17(15)25)22(29)27-18-6-12(18)7-19(27)21(28)26-13-5-11-3-1-2-4-20(11)30-10-13/h1-4,8-9,12-13,18-19H,5-7,10H2,(H,26,28)/t12-,13-,18-,19-/m0/s1. The number of halogens is 3. The average molecular weight is 477 g/mol. The second kappa shape index (κ2) is 7.34. The van der Waals surface area contributed by atoms with Crippen molar-refractivity contribution in [2.24, 2.45) is 5.92 Å². The van der Waals surface area contributed by atoms with Crippen LogP contribution in [0.1, 0.15) is 28.8 Å². The van der Waals surface area contributed by atoms with Gasteiger partial charge in [0.05, 0.1) is 16.1 Å². The Bertz CT molecular complexity index is 1050. The fourth-order valence-electron chi connectivity index (χ4n) is 4.53. The number of carbonyl (C=O) groups is 2. The number of piperidine rings is 1. The van der Waals surface area contributed by atoms with E-state index < -0.39 is 23.6 Å². The van der Waals surface area contributed by atoms with Crippen LogP contribution in [0.25, 0.3) is 0 Å². The third-order valence-electron chi connectivity index (χ3n) is 6.11. The van der Waals surface area contributed by atoms with Gasteiger partial charge < -0.3 is 15.0 Å². The maximum atomic E-state index is 14.4. The van der Waals surface area contributed by atoms with Crippen molar-refractivity contribution in [3.05, 3.63) is 63.6 Å². The van der Waals surface area contributed by atoms with Gasteiger partial charge in [0.15, 0.2) is 0 Å². The molecule has 0 aromatic heterocycles. The highest BCUT2D eigenvalue weighted by Crippen LogP contribution is 2.48. The summed E-state index contributed by atoms with van der Waals surface area (Å²) in [7, 11) is 0. The Balaban J connectivity index is 1.33. The minimum Gasteiger partial charge on any atom is -0.491 e. The first-order chi connectivity index (χ1) is 14.4. The summed E-state index contributed by atoms with van der Waals surface area (Å²) in [5, 5.41) is 2.98. The molecular formula is C22H19BrF2N2O3. The summed E-state index contributed by atoms with van der Waals surface area (Å²) in [4.78, 5) is 27.5. The molecule has 2 amide bonds. The van der Waals surface area contributed by atoms with Crippen LogP contribution in [0, 0.1) is 17.6 Å². The summed E-state index contributed by atoms with van der Waals surface area (Å²) in [5.41, 5.74) is 0.666. The Kier molecular flexibility index (Phi) is 4.76. The molecule has 8 heteroatoms. The molecule has 0 bridgehead atoms. The van der Waals surface area contributed by atoms with Crippen LogP contribution < -0.4 is 10.1 Å². The molecule has 2 fully saturated rings. The van der Waals surface area contributed by atoms with E-state index in [0.717, 1.165) is 29.9 Å². The van der Waals surface area contributed by atoms with Gasteiger partial charge in [-0.25, -0.2) is 8.78 Å². The van der Waals surface area contributed by atoms with Crippen LogP contribution in [0.2, 0.25) is 0 Å². The Morgan fingerprint density at radius 2 is 1.93 bits per heavy atom. The Morgan fingerprint density at radius 3 is 2.77 bits per heavy atom. The average Bonchev–Trinajstić information content (AvgIpc) is 3.39. The molecule has 2 aliphatic heterocycles. The van der Waals surface area contributed by atoms with E-state index in [1.807, 2.05) is 24.3 Å². The van der Waals surface area contributed by atoms with Crippen molar-refractivity contribution in [2.75, 3.05) is 6.61 Å². The molecule has 2 aromatic rings. The van der Waals surface area contributed by atoms with E-state index in [2.05, 4.69) is 21.2 Å². The SMILES string of the molecule is O=C(N[C@@H]1COc2ccccc2C1)[C@@H]1C[C@@H]2C[C@@H]2N1C(=O)c1cc(F)c(Br)cc1F. The molecule has 2 aromatic carbocycles. The number of nitrogens with zero attached hydrogens (tertiary/aromatic N) is 1. The van der Waals surface area contributed by atoms with Gasteiger partial charge in [0.2, 0.25) is 5.91 Å². The molecule has 5 rings (SSSR count). The Morgan fingerprint density at radius 1 is 1.13 bits per heavy atom. The first-order valence-corrected chi connectivity index (χ1v) is 10.7. The highest BCUT2D eigenvalue weighted by atomic mass is 79.9. The number of carbonyl (C=O) groups excluding carboxylic acids is 2. The number of nitrogens with one attached hydrogen (secondary N) is 1. The number of fused-ring (bicyclic) bond motifs is 2. The van der Waals surface area contributed by atoms with E-state index in [1.54, 1.807) is 0 Å². The fraction of sp³-hybridized carbons (Fsp3) is 0.364. The van der Waals surface area contributed by atoms with Crippen LogP contribution in [0.15, 0.2) is 40.9 Å². The van der Waals surface area contributed by atoms with E-state index in [0.29, 0.717) is 19.4 Å². The van der Waals surface area contributed by atoms with Crippen LogP contribution in [-0.2, 0) is 11.2 Å². The number of likely N-dealkylation sites (tertiary alicyclic amines) is 1. The molecule has 1 N–H and O–H groups in total. The predicted molar refractivity (Wildman–Crippen MR) is 108 cm³/mol. The van der Waals surface area contributed by atoms with Crippen molar-refractivity contribution >= 4 is 27.7 Å². The lowest BCUT2D eigenvalue weighted by Gasteiger charge is -2.31. The monoisotopic (exact) mass is 476 g/mol. The molecule has 0 radical (unpaired) electrons. The number of para-hydroxylation sites is 1. The summed E-state index contributed by atoms with van der Waals surface area (Å²) in [6.07, 6.45) is 1.96. The van der Waals surface area contributed by atoms with E-state index in [4.69, 9.17) is 4.74 Å². The second-order valence-electron chi connectivity index (χ2n) is 8.10. The maximum absolute atomic E-state index is 14.4. The molecule has 30 heavy (non-hydrogen) atoms.